The summed E-state index contributed by atoms with van der Waals surface area (Å²) in [6.45, 7) is 4.44. The van der Waals surface area contributed by atoms with E-state index in [0.29, 0.717) is 12.3 Å². The first-order valence-corrected chi connectivity index (χ1v) is 6.55. The average molecular weight is 277 g/mol. The third-order valence-corrected chi connectivity index (χ3v) is 2.99. The van der Waals surface area contributed by atoms with Crippen LogP contribution in [0.3, 0.4) is 0 Å². The van der Waals surface area contributed by atoms with Crippen LogP contribution in [0.1, 0.15) is 25.5 Å². The summed E-state index contributed by atoms with van der Waals surface area (Å²) in [5.74, 6) is -0.921. The molecule has 0 aliphatic carbocycles. The number of anilines is 1. The normalized spacial score (nSPS) is 12.0. The Kier molecular flexibility index (Phi) is 4.56. The molecule has 0 heterocycles. The standard InChI is InChI=1S/C16H17F2NO/c1-3-20-16-7-5-4-6-13(16)11(2)19-12-8-9-14(17)15(18)10-12/h4-11,19H,3H2,1-2H3. The van der Waals surface area contributed by atoms with Crippen molar-refractivity contribution in [3.8, 4) is 5.75 Å². The van der Waals surface area contributed by atoms with E-state index in [1.165, 1.54) is 6.07 Å². The Labute approximate surface area is 117 Å². The molecule has 0 aromatic heterocycles. The van der Waals surface area contributed by atoms with Crippen molar-refractivity contribution in [2.24, 2.45) is 0 Å². The first-order chi connectivity index (χ1) is 9.61. The first-order valence-electron chi connectivity index (χ1n) is 6.55. The maximum atomic E-state index is 13.2. The van der Waals surface area contributed by atoms with Crippen LogP contribution in [-0.2, 0) is 0 Å². The van der Waals surface area contributed by atoms with Gasteiger partial charge in [0.05, 0.1) is 12.6 Å². The zero-order valence-electron chi connectivity index (χ0n) is 11.5. The fourth-order valence-electron chi connectivity index (χ4n) is 2.04. The minimum Gasteiger partial charge on any atom is -0.494 e. The minimum atomic E-state index is -0.861. The molecule has 1 atom stereocenters. The summed E-state index contributed by atoms with van der Waals surface area (Å²) in [5.41, 5.74) is 1.50. The SMILES string of the molecule is CCOc1ccccc1C(C)Nc1ccc(F)c(F)c1. The Morgan fingerprint density at radius 1 is 1.10 bits per heavy atom. The van der Waals surface area contributed by atoms with Gasteiger partial charge < -0.3 is 10.1 Å². The molecule has 0 aliphatic heterocycles. The predicted molar refractivity (Wildman–Crippen MR) is 76.0 cm³/mol. The molecule has 106 valence electrons. The molecule has 0 amide bonds. The molecule has 0 saturated carbocycles. The molecule has 0 bridgehead atoms. The van der Waals surface area contributed by atoms with Crippen molar-refractivity contribution < 1.29 is 13.5 Å². The molecule has 2 aromatic rings. The maximum absolute atomic E-state index is 13.2. The Hall–Kier alpha value is -2.10. The van der Waals surface area contributed by atoms with Gasteiger partial charge in [-0.15, -0.1) is 0 Å². The van der Waals surface area contributed by atoms with Crippen LogP contribution in [-0.4, -0.2) is 6.61 Å². The van der Waals surface area contributed by atoms with Crippen molar-refractivity contribution in [3.05, 3.63) is 59.7 Å². The summed E-state index contributed by atoms with van der Waals surface area (Å²) < 4.78 is 31.7. The Balaban J connectivity index is 2.19. The van der Waals surface area contributed by atoms with E-state index in [2.05, 4.69) is 5.32 Å². The number of benzene rings is 2. The number of nitrogens with one attached hydrogen (secondary N) is 1. The van der Waals surface area contributed by atoms with Crippen LogP contribution in [0.2, 0.25) is 0 Å². The van der Waals surface area contributed by atoms with Crippen molar-refractivity contribution >= 4 is 5.69 Å². The minimum absolute atomic E-state index is 0.0809. The van der Waals surface area contributed by atoms with Crippen LogP contribution in [0, 0.1) is 11.6 Å². The van der Waals surface area contributed by atoms with Crippen LogP contribution in [0.25, 0.3) is 0 Å². The van der Waals surface area contributed by atoms with E-state index in [9.17, 15) is 8.78 Å². The lowest BCUT2D eigenvalue weighted by molar-refractivity contribution is 0.335. The summed E-state index contributed by atoms with van der Waals surface area (Å²) in [4.78, 5) is 0. The van der Waals surface area contributed by atoms with Crippen LogP contribution in [0.5, 0.6) is 5.75 Å². The second-order valence-corrected chi connectivity index (χ2v) is 4.47. The van der Waals surface area contributed by atoms with Gasteiger partial charge in [0.1, 0.15) is 5.75 Å². The van der Waals surface area contributed by atoms with Crippen molar-refractivity contribution in [3.63, 3.8) is 0 Å². The second-order valence-electron chi connectivity index (χ2n) is 4.47. The molecule has 1 N–H and O–H groups in total. The van der Waals surface area contributed by atoms with E-state index in [1.54, 1.807) is 0 Å². The Morgan fingerprint density at radius 2 is 1.85 bits per heavy atom. The van der Waals surface area contributed by atoms with E-state index in [0.717, 1.165) is 23.4 Å². The summed E-state index contributed by atoms with van der Waals surface area (Å²) in [7, 11) is 0. The number of rotatable bonds is 5. The highest BCUT2D eigenvalue weighted by molar-refractivity contribution is 5.48. The van der Waals surface area contributed by atoms with Gasteiger partial charge in [-0.2, -0.15) is 0 Å². The Morgan fingerprint density at radius 3 is 2.55 bits per heavy atom. The highest BCUT2D eigenvalue weighted by Gasteiger charge is 2.12. The van der Waals surface area contributed by atoms with Gasteiger partial charge in [0, 0.05) is 17.3 Å². The Bertz CT molecular complexity index is 586. The number of ether oxygens (including phenoxy) is 1. The van der Waals surface area contributed by atoms with Gasteiger partial charge in [-0.1, -0.05) is 18.2 Å². The molecule has 2 aromatic carbocycles. The monoisotopic (exact) mass is 277 g/mol. The molecule has 0 aliphatic rings. The highest BCUT2D eigenvalue weighted by atomic mass is 19.2. The van der Waals surface area contributed by atoms with Gasteiger partial charge in [0.25, 0.3) is 0 Å². The van der Waals surface area contributed by atoms with E-state index in [1.807, 2.05) is 38.1 Å². The molecule has 4 heteroatoms. The third-order valence-electron chi connectivity index (χ3n) is 2.99. The molecule has 1 unspecified atom stereocenters. The van der Waals surface area contributed by atoms with Crippen molar-refractivity contribution in [2.75, 3.05) is 11.9 Å². The van der Waals surface area contributed by atoms with Crippen LogP contribution >= 0.6 is 0 Å². The molecule has 0 spiro atoms. The van der Waals surface area contributed by atoms with Gasteiger partial charge >= 0.3 is 0 Å². The topological polar surface area (TPSA) is 21.3 Å². The maximum Gasteiger partial charge on any atom is 0.160 e. The number of para-hydroxylation sites is 1. The summed E-state index contributed by atoms with van der Waals surface area (Å²) >= 11 is 0. The highest BCUT2D eigenvalue weighted by Crippen LogP contribution is 2.28. The number of hydrogen-bond acceptors (Lipinski definition) is 2. The third kappa shape index (κ3) is 3.26. The summed E-state index contributed by atoms with van der Waals surface area (Å²) in [6, 6.07) is 11.3. The van der Waals surface area contributed by atoms with Crippen LogP contribution in [0.15, 0.2) is 42.5 Å². The lowest BCUT2D eigenvalue weighted by Gasteiger charge is -2.19. The molecule has 0 fully saturated rings. The van der Waals surface area contributed by atoms with E-state index >= 15 is 0 Å². The second kappa shape index (κ2) is 6.37. The van der Waals surface area contributed by atoms with Crippen molar-refractivity contribution in [1.82, 2.24) is 0 Å². The lowest BCUT2D eigenvalue weighted by Crippen LogP contribution is -2.09. The zero-order valence-corrected chi connectivity index (χ0v) is 11.5. The largest absolute Gasteiger partial charge is 0.494 e. The van der Waals surface area contributed by atoms with Gasteiger partial charge in [0.15, 0.2) is 11.6 Å². The number of hydrogen-bond donors (Lipinski definition) is 1. The van der Waals surface area contributed by atoms with E-state index < -0.39 is 11.6 Å². The summed E-state index contributed by atoms with van der Waals surface area (Å²) in [5, 5.41) is 3.14. The molecule has 0 saturated heterocycles. The van der Waals surface area contributed by atoms with Gasteiger partial charge in [0.2, 0.25) is 0 Å². The lowest BCUT2D eigenvalue weighted by atomic mass is 10.1. The van der Waals surface area contributed by atoms with Gasteiger partial charge in [-0.3, -0.25) is 0 Å². The zero-order chi connectivity index (χ0) is 14.5. The molecular weight excluding hydrogens is 260 g/mol. The van der Waals surface area contributed by atoms with Crippen molar-refractivity contribution in [2.45, 2.75) is 19.9 Å². The molecule has 2 rings (SSSR count). The van der Waals surface area contributed by atoms with Crippen LogP contribution in [0.4, 0.5) is 14.5 Å². The molecular formula is C16H17F2NO. The van der Waals surface area contributed by atoms with E-state index in [-0.39, 0.29) is 6.04 Å². The summed E-state index contributed by atoms with van der Waals surface area (Å²) in [6.07, 6.45) is 0. The fourth-order valence-corrected chi connectivity index (χ4v) is 2.04. The van der Waals surface area contributed by atoms with Crippen molar-refractivity contribution in [1.29, 1.82) is 0 Å². The quantitative estimate of drug-likeness (QED) is 0.866. The predicted octanol–water partition coefficient (Wildman–Crippen LogP) is 4.54. The van der Waals surface area contributed by atoms with E-state index in [4.69, 9.17) is 4.74 Å². The smallest absolute Gasteiger partial charge is 0.160 e. The molecule has 20 heavy (non-hydrogen) atoms. The molecule has 2 nitrogen and oxygen atoms in total. The first kappa shape index (κ1) is 14.3. The van der Waals surface area contributed by atoms with Crippen LogP contribution < -0.4 is 10.1 Å². The number of halogens is 2. The van der Waals surface area contributed by atoms with Gasteiger partial charge in [-0.05, 0) is 32.0 Å². The van der Waals surface area contributed by atoms with Gasteiger partial charge in [-0.25, -0.2) is 8.78 Å². The average Bonchev–Trinajstić information content (AvgIpc) is 2.44. The molecule has 0 radical (unpaired) electrons. The fraction of sp³-hybridized carbons (Fsp3) is 0.250.